The molecule has 3 amide bonds. The van der Waals surface area contributed by atoms with E-state index < -0.39 is 54.9 Å². The molecule has 0 aliphatic rings. The summed E-state index contributed by atoms with van der Waals surface area (Å²) in [6, 6.07) is 19.5. The molecule has 4 rings (SSSR count). The van der Waals surface area contributed by atoms with Crippen LogP contribution in [0.5, 0.6) is 5.75 Å². The molecule has 1 unspecified atom stereocenters. The average Bonchev–Trinajstić information content (AvgIpc) is 3.04. The quantitative estimate of drug-likeness (QED) is 0.192. The first kappa shape index (κ1) is 34.7. The van der Waals surface area contributed by atoms with E-state index in [0.717, 1.165) is 12.1 Å². The molecular weight excluding hydrogens is 614 g/mol. The first-order valence-corrected chi connectivity index (χ1v) is 14.5. The van der Waals surface area contributed by atoms with Crippen molar-refractivity contribution in [1.82, 2.24) is 10.2 Å². The number of benzene rings is 4. The van der Waals surface area contributed by atoms with Crippen LogP contribution in [-0.4, -0.2) is 66.5 Å². The van der Waals surface area contributed by atoms with Crippen LogP contribution < -0.4 is 20.4 Å². The number of ether oxygens (including phenoxy) is 1. The average molecular weight is 647 g/mol. The largest absolute Gasteiger partial charge is 0.497 e. The van der Waals surface area contributed by atoms with Gasteiger partial charge in [-0.15, -0.1) is 0 Å². The molecule has 1 atom stereocenters. The van der Waals surface area contributed by atoms with E-state index >= 15 is 0 Å². The standard InChI is InChI=1S/C34H33BF3N3O6/c1-40(29-11-13-30(47-2)14-12-29)34(44)31(17-24-15-27(37)19-28(38)16-24)39-32(42)21-41(20-23-5-9-26(36)10-6-23)33(43)18-22-3-7-25(8-4-22)35(45)46/h3-16,19,31,45-46H,17-18,20-21H2,1-2H3,(H,39,42). The van der Waals surface area contributed by atoms with Gasteiger partial charge in [0, 0.05) is 31.8 Å². The van der Waals surface area contributed by atoms with Gasteiger partial charge in [-0.1, -0.05) is 36.4 Å². The number of anilines is 1. The van der Waals surface area contributed by atoms with Gasteiger partial charge in [0.25, 0.3) is 0 Å². The molecule has 0 bridgehead atoms. The van der Waals surface area contributed by atoms with E-state index in [-0.39, 0.29) is 30.4 Å². The fourth-order valence-corrected chi connectivity index (χ4v) is 4.88. The molecule has 4 aromatic rings. The smallest absolute Gasteiger partial charge is 0.488 e. The number of amides is 3. The maximum Gasteiger partial charge on any atom is 0.488 e. The third-order valence-corrected chi connectivity index (χ3v) is 7.39. The highest BCUT2D eigenvalue weighted by atomic mass is 19.1. The highest BCUT2D eigenvalue weighted by molar-refractivity contribution is 6.58. The number of halogens is 3. The van der Waals surface area contributed by atoms with Crippen LogP contribution >= 0.6 is 0 Å². The summed E-state index contributed by atoms with van der Waals surface area (Å²) in [6.07, 6.45) is -0.407. The summed E-state index contributed by atoms with van der Waals surface area (Å²) < 4.78 is 46.8. The maximum atomic E-state index is 14.0. The Bertz CT molecular complexity index is 1670. The van der Waals surface area contributed by atoms with Crippen LogP contribution in [0.25, 0.3) is 0 Å². The molecule has 0 saturated carbocycles. The minimum Gasteiger partial charge on any atom is -0.497 e. The van der Waals surface area contributed by atoms with Gasteiger partial charge in [0.1, 0.15) is 29.2 Å². The molecule has 4 aromatic carbocycles. The van der Waals surface area contributed by atoms with Crippen molar-refractivity contribution in [2.75, 3.05) is 25.6 Å². The number of rotatable bonds is 13. The fourth-order valence-electron chi connectivity index (χ4n) is 4.88. The highest BCUT2D eigenvalue weighted by Gasteiger charge is 2.28. The minimum atomic E-state index is -1.68. The molecule has 0 spiro atoms. The van der Waals surface area contributed by atoms with Gasteiger partial charge in [-0.3, -0.25) is 14.4 Å². The van der Waals surface area contributed by atoms with Crippen molar-refractivity contribution < 1.29 is 42.3 Å². The first-order chi connectivity index (χ1) is 22.4. The Balaban J connectivity index is 1.57. The third kappa shape index (κ3) is 9.92. The van der Waals surface area contributed by atoms with E-state index in [0.29, 0.717) is 28.6 Å². The third-order valence-electron chi connectivity index (χ3n) is 7.39. The second kappa shape index (κ2) is 15.9. The van der Waals surface area contributed by atoms with Crippen molar-refractivity contribution in [2.45, 2.75) is 25.4 Å². The van der Waals surface area contributed by atoms with Gasteiger partial charge in [-0.25, -0.2) is 13.2 Å². The summed E-state index contributed by atoms with van der Waals surface area (Å²) in [5.74, 6) is -3.41. The van der Waals surface area contributed by atoms with Crippen LogP contribution in [-0.2, 0) is 33.8 Å². The lowest BCUT2D eigenvalue weighted by atomic mass is 9.80. The minimum absolute atomic E-state index is 0.0700. The van der Waals surface area contributed by atoms with E-state index in [4.69, 9.17) is 4.74 Å². The molecule has 0 saturated heterocycles. The van der Waals surface area contributed by atoms with Gasteiger partial charge in [-0.2, -0.15) is 0 Å². The van der Waals surface area contributed by atoms with E-state index in [1.807, 2.05) is 0 Å². The zero-order chi connectivity index (χ0) is 34.1. The normalized spacial score (nSPS) is 11.4. The second-order valence-electron chi connectivity index (χ2n) is 10.9. The fraction of sp³-hybridized carbons (Fsp3) is 0.206. The van der Waals surface area contributed by atoms with Crippen molar-refractivity contribution >= 4 is 36.0 Å². The van der Waals surface area contributed by atoms with Crippen LogP contribution in [0.1, 0.15) is 16.7 Å². The Labute approximate surface area is 270 Å². The Hall–Kier alpha value is -5.14. The lowest BCUT2D eigenvalue weighted by Gasteiger charge is -2.27. The van der Waals surface area contributed by atoms with Crippen molar-refractivity contribution in [3.63, 3.8) is 0 Å². The summed E-state index contributed by atoms with van der Waals surface area (Å²) in [4.78, 5) is 43.2. The second-order valence-corrected chi connectivity index (χ2v) is 10.9. The van der Waals surface area contributed by atoms with E-state index in [2.05, 4.69) is 5.32 Å². The van der Waals surface area contributed by atoms with E-state index in [9.17, 15) is 37.6 Å². The molecule has 3 N–H and O–H groups in total. The molecule has 0 aliphatic carbocycles. The lowest BCUT2D eigenvalue weighted by Crippen LogP contribution is -2.51. The number of carbonyl (C=O) groups is 3. The van der Waals surface area contributed by atoms with Gasteiger partial charge in [0.15, 0.2) is 0 Å². The molecule has 0 radical (unpaired) electrons. The van der Waals surface area contributed by atoms with Crippen molar-refractivity contribution in [2.24, 2.45) is 0 Å². The summed E-state index contributed by atoms with van der Waals surface area (Å²) >= 11 is 0. The van der Waals surface area contributed by atoms with Gasteiger partial charge in [0.05, 0.1) is 20.1 Å². The van der Waals surface area contributed by atoms with Gasteiger partial charge < -0.3 is 29.9 Å². The summed E-state index contributed by atoms with van der Waals surface area (Å²) in [7, 11) is 1.30. The molecule has 9 nitrogen and oxygen atoms in total. The van der Waals surface area contributed by atoms with Crippen molar-refractivity contribution in [1.29, 1.82) is 0 Å². The van der Waals surface area contributed by atoms with Crippen LogP contribution in [0.3, 0.4) is 0 Å². The summed E-state index contributed by atoms with van der Waals surface area (Å²) in [5, 5.41) is 21.4. The van der Waals surface area contributed by atoms with Gasteiger partial charge in [0.2, 0.25) is 17.7 Å². The summed E-state index contributed by atoms with van der Waals surface area (Å²) in [6.45, 7) is -0.573. The predicted molar refractivity (Wildman–Crippen MR) is 170 cm³/mol. The SMILES string of the molecule is COc1ccc(N(C)C(=O)C(Cc2cc(F)cc(F)c2)NC(=O)CN(Cc2ccc(F)cc2)C(=O)Cc2ccc(B(O)O)cc2)cc1. The number of hydrogen-bond donors (Lipinski definition) is 3. The number of hydrogen-bond acceptors (Lipinski definition) is 6. The maximum absolute atomic E-state index is 14.0. The molecular formula is C34H33BF3N3O6. The number of likely N-dealkylation sites (N-methyl/N-ethyl adjacent to an activating group) is 1. The van der Waals surface area contributed by atoms with Crippen LogP contribution in [0.2, 0.25) is 0 Å². The first-order valence-electron chi connectivity index (χ1n) is 14.5. The number of carbonyl (C=O) groups excluding carboxylic acids is 3. The zero-order valence-corrected chi connectivity index (χ0v) is 25.7. The molecule has 13 heteroatoms. The van der Waals surface area contributed by atoms with Crippen LogP contribution in [0.4, 0.5) is 18.9 Å². The van der Waals surface area contributed by atoms with Gasteiger partial charge >= 0.3 is 7.12 Å². The molecule has 0 fully saturated rings. The molecule has 47 heavy (non-hydrogen) atoms. The zero-order valence-electron chi connectivity index (χ0n) is 25.7. The monoisotopic (exact) mass is 647 g/mol. The molecule has 0 heterocycles. The van der Waals surface area contributed by atoms with Crippen molar-refractivity contribution in [3.8, 4) is 5.75 Å². The Morgan fingerprint density at radius 3 is 1.98 bits per heavy atom. The molecule has 244 valence electrons. The van der Waals surface area contributed by atoms with Crippen LogP contribution in [0.15, 0.2) is 91.0 Å². The summed E-state index contributed by atoms with van der Waals surface area (Å²) in [5.41, 5.74) is 1.89. The highest BCUT2D eigenvalue weighted by Crippen LogP contribution is 2.20. The number of nitrogens with one attached hydrogen (secondary N) is 1. The Kier molecular flexibility index (Phi) is 11.8. The Morgan fingerprint density at radius 2 is 1.40 bits per heavy atom. The predicted octanol–water partition coefficient (Wildman–Crippen LogP) is 2.75. The van der Waals surface area contributed by atoms with Gasteiger partial charge in [-0.05, 0) is 70.7 Å². The molecule has 0 aromatic heterocycles. The lowest BCUT2D eigenvalue weighted by molar-refractivity contribution is -0.136. The molecule has 0 aliphatic heterocycles. The van der Waals surface area contributed by atoms with Crippen LogP contribution in [0, 0.1) is 17.5 Å². The number of methoxy groups -OCH3 is 1. The van der Waals surface area contributed by atoms with Crippen molar-refractivity contribution in [3.05, 3.63) is 125 Å². The van der Waals surface area contributed by atoms with E-state index in [1.165, 1.54) is 60.4 Å². The van der Waals surface area contributed by atoms with E-state index in [1.54, 1.807) is 36.4 Å². The number of nitrogens with zero attached hydrogens (tertiary/aromatic N) is 2. The Morgan fingerprint density at radius 1 is 0.809 bits per heavy atom. The topological polar surface area (TPSA) is 119 Å².